The van der Waals surface area contributed by atoms with Crippen LogP contribution in [0.25, 0.3) is 0 Å². The van der Waals surface area contributed by atoms with E-state index < -0.39 is 11.9 Å². The van der Waals surface area contributed by atoms with Gasteiger partial charge >= 0.3 is 11.9 Å². The minimum atomic E-state index is -0.553. The first-order valence-corrected chi connectivity index (χ1v) is 11.3. The molecule has 0 spiro atoms. The summed E-state index contributed by atoms with van der Waals surface area (Å²) in [6.07, 6.45) is 13.4. The first-order valence-electron chi connectivity index (χ1n) is 11.3. The van der Waals surface area contributed by atoms with Crippen LogP contribution in [-0.4, -0.2) is 25.2 Å². The van der Waals surface area contributed by atoms with Crippen LogP contribution in [0.2, 0.25) is 0 Å². The van der Waals surface area contributed by atoms with Gasteiger partial charge in [0.25, 0.3) is 0 Å². The van der Waals surface area contributed by atoms with E-state index in [4.69, 9.17) is 15.2 Å². The predicted molar refractivity (Wildman–Crippen MR) is 118 cm³/mol. The summed E-state index contributed by atoms with van der Waals surface area (Å²) in [6.45, 7) is 5.06. The van der Waals surface area contributed by atoms with Gasteiger partial charge in [0.2, 0.25) is 0 Å². The predicted octanol–water partition coefficient (Wildman–Crippen LogP) is 6.30. The summed E-state index contributed by atoms with van der Waals surface area (Å²) in [5, 5.41) is 0. The Labute approximate surface area is 176 Å². The van der Waals surface area contributed by atoms with E-state index in [1.54, 1.807) is 18.2 Å². The summed E-state index contributed by atoms with van der Waals surface area (Å²) >= 11 is 0. The molecule has 0 aliphatic rings. The van der Waals surface area contributed by atoms with Crippen LogP contribution in [0, 0.1) is 0 Å². The van der Waals surface area contributed by atoms with Crippen LogP contribution < -0.4 is 5.73 Å². The molecule has 0 fully saturated rings. The Morgan fingerprint density at radius 3 is 1.76 bits per heavy atom. The highest BCUT2D eigenvalue weighted by Gasteiger charge is 2.22. The molecule has 0 aliphatic carbocycles. The van der Waals surface area contributed by atoms with Gasteiger partial charge in [-0.3, -0.25) is 0 Å². The van der Waals surface area contributed by atoms with Crippen molar-refractivity contribution in [3.8, 4) is 0 Å². The van der Waals surface area contributed by atoms with Gasteiger partial charge in [-0.25, -0.2) is 9.59 Å². The molecule has 0 unspecified atom stereocenters. The number of unbranched alkanes of at least 4 members (excludes halogenated alkanes) is 10. The fourth-order valence-electron chi connectivity index (χ4n) is 3.21. The third kappa shape index (κ3) is 10.3. The van der Waals surface area contributed by atoms with Gasteiger partial charge in [-0.15, -0.1) is 0 Å². The second-order valence-corrected chi connectivity index (χ2v) is 7.58. The maximum atomic E-state index is 12.5. The van der Waals surface area contributed by atoms with Crippen LogP contribution in [0.1, 0.15) is 112 Å². The Morgan fingerprint density at radius 1 is 0.724 bits per heavy atom. The number of rotatable bonds is 16. The Bertz CT molecular complexity index is 601. The van der Waals surface area contributed by atoms with E-state index in [2.05, 4.69) is 13.8 Å². The first-order chi connectivity index (χ1) is 14.1. The Morgan fingerprint density at radius 2 is 1.21 bits per heavy atom. The number of nitrogens with two attached hydrogens (primary N) is 1. The van der Waals surface area contributed by atoms with E-state index in [1.165, 1.54) is 38.5 Å². The maximum absolute atomic E-state index is 12.5. The van der Waals surface area contributed by atoms with Crippen molar-refractivity contribution in [1.82, 2.24) is 0 Å². The van der Waals surface area contributed by atoms with Crippen molar-refractivity contribution in [1.29, 1.82) is 0 Å². The van der Waals surface area contributed by atoms with Gasteiger partial charge in [-0.1, -0.05) is 84.1 Å². The van der Waals surface area contributed by atoms with Crippen LogP contribution in [0.4, 0.5) is 5.69 Å². The van der Waals surface area contributed by atoms with E-state index in [-0.39, 0.29) is 16.8 Å². The van der Waals surface area contributed by atoms with Crippen LogP contribution in [0.5, 0.6) is 0 Å². The number of hydrogen-bond donors (Lipinski definition) is 1. The molecule has 0 heterocycles. The minimum absolute atomic E-state index is 0.117. The lowest BCUT2D eigenvalue weighted by atomic mass is 10.1. The molecule has 0 aromatic heterocycles. The van der Waals surface area contributed by atoms with Crippen LogP contribution in [-0.2, 0) is 9.47 Å². The van der Waals surface area contributed by atoms with Gasteiger partial charge in [0.15, 0.2) is 0 Å². The largest absolute Gasteiger partial charge is 0.462 e. The molecular formula is C24H39NO4. The zero-order valence-electron chi connectivity index (χ0n) is 18.3. The SMILES string of the molecule is CCCCCCCCOC(=O)c1cccc(N)c1C(=O)OCCCCCCCC. The Hall–Kier alpha value is -2.04. The number of nitrogen functional groups attached to an aromatic ring is 1. The van der Waals surface area contributed by atoms with Gasteiger partial charge in [0.05, 0.1) is 24.3 Å². The number of ether oxygens (including phenoxy) is 2. The van der Waals surface area contributed by atoms with Gasteiger partial charge in [-0.2, -0.15) is 0 Å². The Kier molecular flexibility index (Phi) is 13.6. The van der Waals surface area contributed by atoms with Crippen molar-refractivity contribution >= 4 is 17.6 Å². The number of anilines is 1. The lowest BCUT2D eigenvalue weighted by Crippen LogP contribution is -2.17. The molecule has 1 aromatic rings. The fraction of sp³-hybridized carbons (Fsp3) is 0.667. The van der Waals surface area contributed by atoms with Crippen molar-refractivity contribution in [3.63, 3.8) is 0 Å². The molecule has 1 rings (SSSR count). The summed E-state index contributed by atoms with van der Waals surface area (Å²) in [6, 6.07) is 4.83. The third-order valence-electron chi connectivity index (χ3n) is 4.98. The first kappa shape index (κ1) is 25.0. The zero-order chi connectivity index (χ0) is 21.3. The lowest BCUT2D eigenvalue weighted by molar-refractivity contribution is 0.0451. The molecule has 0 saturated carbocycles. The highest BCUT2D eigenvalue weighted by Crippen LogP contribution is 2.20. The number of carbonyl (C=O) groups is 2. The van der Waals surface area contributed by atoms with E-state index in [0.717, 1.165) is 38.5 Å². The van der Waals surface area contributed by atoms with E-state index in [9.17, 15) is 9.59 Å². The van der Waals surface area contributed by atoms with E-state index in [1.807, 2.05) is 0 Å². The van der Waals surface area contributed by atoms with Crippen molar-refractivity contribution < 1.29 is 19.1 Å². The number of carbonyl (C=O) groups excluding carboxylic acids is 2. The molecular weight excluding hydrogens is 366 g/mol. The summed E-state index contributed by atoms with van der Waals surface area (Å²) in [7, 11) is 0. The number of hydrogen-bond acceptors (Lipinski definition) is 5. The van der Waals surface area contributed by atoms with Crippen molar-refractivity contribution in [2.45, 2.75) is 90.9 Å². The molecule has 5 heteroatoms. The van der Waals surface area contributed by atoms with Gasteiger partial charge in [-0.05, 0) is 25.0 Å². The maximum Gasteiger partial charge on any atom is 0.341 e. The average molecular weight is 406 g/mol. The molecule has 164 valence electrons. The summed E-state index contributed by atoms with van der Waals surface area (Å²) in [4.78, 5) is 24.9. The fourth-order valence-corrected chi connectivity index (χ4v) is 3.21. The molecule has 0 saturated heterocycles. The zero-order valence-corrected chi connectivity index (χ0v) is 18.3. The summed E-state index contributed by atoms with van der Waals surface area (Å²) < 4.78 is 10.7. The summed E-state index contributed by atoms with van der Waals surface area (Å²) in [5.41, 5.74) is 6.50. The van der Waals surface area contributed by atoms with Crippen LogP contribution >= 0.6 is 0 Å². The second-order valence-electron chi connectivity index (χ2n) is 7.58. The molecule has 0 bridgehead atoms. The second kappa shape index (κ2) is 15.8. The van der Waals surface area contributed by atoms with Crippen molar-refractivity contribution in [3.05, 3.63) is 29.3 Å². The molecule has 5 nitrogen and oxygen atoms in total. The molecule has 0 amide bonds. The normalized spacial score (nSPS) is 10.7. The molecule has 2 N–H and O–H groups in total. The average Bonchev–Trinajstić information content (AvgIpc) is 2.72. The third-order valence-corrected chi connectivity index (χ3v) is 4.98. The van der Waals surface area contributed by atoms with Gasteiger partial charge < -0.3 is 15.2 Å². The van der Waals surface area contributed by atoms with E-state index in [0.29, 0.717) is 13.2 Å². The molecule has 29 heavy (non-hydrogen) atoms. The van der Waals surface area contributed by atoms with E-state index >= 15 is 0 Å². The van der Waals surface area contributed by atoms with Crippen LogP contribution in [0.3, 0.4) is 0 Å². The van der Waals surface area contributed by atoms with Gasteiger partial charge in [0, 0.05) is 5.69 Å². The smallest absolute Gasteiger partial charge is 0.341 e. The van der Waals surface area contributed by atoms with Crippen molar-refractivity contribution in [2.24, 2.45) is 0 Å². The van der Waals surface area contributed by atoms with Crippen LogP contribution in [0.15, 0.2) is 18.2 Å². The number of esters is 2. The van der Waals surface area contributed by atoms with Gasteiger partial charge in [0.1, 0.15) is 0 Å². The highest BCUT2D eigenvalue weighted by atomic mass is 16.5. The molecule has 0 aliphatic heterocycles. The number of benzene rings is 1. The monoisotopic (exact) mass is 405 g/mol. The minimum Gasteiger partial charge on any atom is -0.462 e. The topological polar surface area (TPSA) is 78.6 Å². The molecule has 0 radical (unpaired) electrons. The standard InChI is InChI=1S/C24H39NO4/c1-3-5-7-9-11-13-18-28-23(26)20-16-15-17-21(25)22(20)24(27)29-19-14-12-10-8-6-4-2/h15-17H,3-14,18-19,25H2,1-2H3. The quantitative estimate of drug-likeness (QED) is 0.198. The van der Waals surface area contributed by atoms with Crippen molar-refractivity contribution in [2.75, 3.05) is 18.9 Å². The molecule has 1 aromatic carbocycles. The highest BCUT2D eigenvalue weighted by molar-refractivity contribution is 6.06. The lowest BCUT2D eigenvalue weighted by Gasteiger charge is -2.12. The Balaban J connectivity index is 2.46. The summed E-state index contributed by atoms with van der Waals surface area (Å²) in [5.74, 6) is -1.07. The molecule has 0 atom stereocenters.